The molecule has 0 bridgehead atoms. The van der Waals surface area contributed by atoms with E-state index in [2.05, 4.69) is 52.3 Å². The molecule has 1 aliphatic rings. The summed E-state index contributed by atoms with van der Waals surface area (Å²) in [5, 5.41) is 21.7. The number of nitro groups is 1. The van der Waals surface area contributed by atoms with Gasteiger partial charge in [0, 0.05) is 56.2 Å². The summed E-state index contributed by atoms with van der Waals surface area (Å²) in [7, 11) is 0. The van der Waals surface area contributed by atoms with Crippen molar-refractivity contribution in [3.8, 4) is 5.75 Å². The molecule has 1 unspecified atom stereocenters. The number of phenols is 1. The lowest BCUT2D eigenvalue weighted by atomic mass is 10.1. The summed E-state index contributed by atoms with van der Waals surface area (Å²) in [5.74, 6) is 0.541. The largest absolute Gasteiger partial charge is 0.502 e. The highest BCUT2D eigenvalue weighted by molar-refractivity contribution is 7.09. The molecule has 1 aromatic heterocycles. The Morgan fingerprint density at radius 1 is 1.19 bits per heavy atom. The number of aromatic hydroxyl groups is 1. The SMILES string of the molecule is Cc1ccc(Cc2nsc(N3CCN(Cc4ccc(O)c([N+](=O)[O-])c4)C(C)C3)n2)cc1. The van der Waals surface area contributed by atoms with Gasteiger partial charge >= 0.3 is 5.69 Å². The van der Waals surface area contributed by atoms with Crippen LogP contribution in [0.3, 0.4) is 0 Å². The van der Waals surface area contributed by atoms with Gasteiger partial charge in [-0.25, -0.2) is 4.98 Å². The van der Waals surface area contributed by atoms with Crippen LogP contribution in [0.4, 0.5) is 10.8 Å². The first kappa shape index (κ1) is 21.2. The van der Waals surface area contributed by atoms with Crippen molar-refractivity contribution in [3.05, 3.63) is 75.1 Å². The lowest BCUT2D eigenvalue weighted by Crippen LogP contribution is -2.51. The van der Waals surface area contributed by atoms with E-state index >= 15 is 0 Å². The van der Waals surface area contributed by atoms with Crippen molar-refractivity contribution in [1.29, 1.82) is 0 Å². The summed E-state index contributed by atoms with van der Waals surface area (Å²) in [6.45, 7) is 7.29. The van der Waals surface area contributed by atoms with E-state index in [4.69, 9.17) is 4.98 Å². The van der Waals surface area contributed by atoms with Gasteiger partial charge in [-0.05, 0) is 31.0 Å². The van der Waals surface area contributed by atoms with Crippen LogP contribution in [0.15, 0.2) is 42.5 Å². The number of piperazine rings is 1. The zero-order chi connectivity index (χ0) is 22.0. The molecule has 162 valence electrons. The molecule has 4 rings (SSSR count). The van der Waals surface area contributed by atoms with E-state index in [1.54, 1.807) is 6.07 Å². The van der Waals surface area contributed by atoms with Crippen LogP contribution in [0.1, 0.15) is 29.4 Å². The van der Waals surface area contributed by atoms with E-state index < -0.39 is 4.92 Å². The summed E-state index contributed by atoms with van der Waals surface area (Å²) in [5.41, 5.74) is 3.01. The second-order valence-corrected chi connectivity index (χ2v) is 8.73. The van der Waals surface area contributed by atoms with Crippen LogP contribution in [0, 0.1) is 17.0 Å². The number of benzene rings is 2. The number of nitro benzene ring substituents is 1. The molecule has 31 heavy (non-hydrogen) atoms. The van der Waals surface area contributed by atoms with Crippen molar-refractivity contribution >= 4 is 22.4 Å². The number of rotatable bonds is 6. The van der Waals surface area contributed by atoms with Gasteiger partial charge in [0.1, 0.15) is 5.82 Å². The van der Waals surface area contributed by atoms with Crippen molar-refractivity contribution in [3.63, 3.8) is 0 Å². The summed E-state index contributed by atoms with van der Waals surface area (Å²) in [6.07, 6.45) is 0.728. The Balaban J connectivity index is 1.37. The topological polar surface area (TPSA) is 95.6 Å². The normalized spacial score (nSPS) is 17.1. The van der Waals surface area contributed by atoms with E-state index in [1.165, 1.54) is 34.8 Å². The molecule has 1 saturated heterocycles. The molecule has 1 aliphatic heterocycles. The summed E-state index contributed by atoms with van der Waals surface area (Å²) in [4.78, 5) is 19.8. The Morgan fingerprint density at radius 3 is 2.65 bits per heavy atom. The molecule has 3 aromatic rings. The highest BCUT2D eigenvalue weighted by Crippen LogP contribution is 2.28. The minimum absolute atomic E-state index is 0.251. The molecular weight excluding hydrogens is 414 g/mol. The van der Waals surface area contributed by atoms with Gasteiger partial charge in [0.05, 0.1) is 4.92 Å². The molecule has 0 saturated carbocycles. The molecule has 2 aromatic carbocycles. The monoisotopic (exact) mass is 439 g/mol. The standard InChI is InChI=1S/C22H25N5O3S/c1-15-3-5-17(6-4-15)12-21-23-22(31-24-21)26-10-9-25(16(2)13-26)14-18-7-8-20(28)19(11-18)27(29)30/h3-8,11,16,28H,9-10,12-14H2,1-2H3. The third-order valence-corrected chi connectivity index (χ3v) is 6.41. The maximum Gasteiger partial charge on any atom is 0.311 e. The summed E-state index contributed by atoms with van der Waals surface area (Å²) >= 11 is 1.44. The Kier molecular flexibility index (Phi) is 6.15. The first-order valence-electron chi connectivity index (χ1n) is 10.2. The molecule has 1 atom stereocenters. The minimum Gasteiger partial charge on any atom is -0.502 e. The Bertz CT molecular complexity index is 1070. The van der Waals surface area contributed by atoms with Gasteiger partial charge in [-0.1, -0.05) is 35.9 Å². The van der Waals surface area contributed by atoms with Crippen LogP contribution in [-0.4, -0.2) is 50.0 Å². The van der Waals surface area contributed by atoms with Gasteiger partial charge in [0.15, 0.2) is 5.75 Å². The molecule has 0 spiro atoms. The minimum atomic E-state index is -0.552. The van der Waals surface area contributed by atoms with E-state index in [9.17, 15) is 15.2 Å². The van der Waals surface area contributed by atoms with E-state index in [1.807, 2.05) is 0 Å². The van der Waals surface area contributed by atoms with E-state index in [0.29, 0.717) is 6.54 Å². The number of anilines is 1. The van der Waals surface area contributed by atoms with Gasteiger partial charge in [-0.2, -0.15) is 4.37 Å². The highest BCUT2D eigenvalue weighted by Gasteiger charge is 2.26. The van der Waals surface area contributed by atoms with Crippen LogP contribution in [-0.2, 0) is 13.0 Å². The fourth-order valence-corrected chi connectivity index (χ4v) is 4.51. The molecule has 1 fully saturated rings. The molecule has 9 heteroatoms. The van der Waals surface area contributed by atoms with Crippen molar-refractivity contribution in [2.45, 2.75) is 32.9 Å². The van der Waals surface area contributed by atoms with Gasteiger partial charge in [-0.3, -0.25) is 15.0 Å². The highest BCUT2D eigenvalue weighted by atomic mass is 32.1. The zero-order valence-corrected chi connectivity index (χ0v) is 18.4. The van der Waals surface area contributed by atoms with E-state index in [-0.39, 0.29) is 17.5 Å². The predicted molar refractivity (Wildman–Crippen MR) is 121 cm³/mol. The molecule has 0 aliphatic carbocycles. The average Bonchev–Trinajstić information content (AvgIpc) is 3.21. The van der Waals surface area contributed by atoms with E-state index in [0.717, 1.165) is 42.6 Å². The van der Waals surface area contributed by atoms with Gasteiger partial charge in [0.2, 0.25) is 5.13 Å². The first-order chi connectivity index (χ1) is 14.9. The van der Waals surface area contributed by atoms with Crippen molar-refractivity contribution in [1.82, 2.24) is 14.3 Å². The van der Waals surface area contributed by atoms with Crippen LogP contribution in [0.25, 0.3) is 0 Å². The van der Waals surface area contributed by atoms with Crippen LogP contribution < -0.4 is 4.90 Å². The van der Waals surface area contributed by atoms with Crippen molar-refractivity contribution in [2.75, 3.05) is 24.5 Å². The number of aryl methyl sites for hydroxylation is 1. The smallest absolute Gasteiger partial charge is 0.311 e. The summed E-state index contributed by atoms with van der Waals surface area (Å²) in [6, 6.07) is 13.3. The number of aromatic nitrogens is 2. The van der Waals surface area contributed by atoms with Gasteiger partial charge in [-0.15, -0.1) is 0 Å². The first-order valence-corrected chi connectivity index (χ1v) is 11.0. The number of hydrogen-bond acceptors (Lipinski definition) is 8. The average molecular weight is 440 g/mol. The Hall–Kier alpha value is -3.04. The van der Waals surface area contributed by atoms with Crippen LogP contribution in [0.2, 0.25) is 0 Å². The molecular formula is C22H25N5O3S. The van der Waals surface area contributed by atoms with Crippen molar-refractivity contribution in [2.24, 2.45) is 0 Å². The number of hydrogen-bond donors (Lipinski definition) is 1. The number of nitrogens with zero attached hydrogens (tertiary/aromatic N) is 5. The maximum atomic E-state index is 11.1. The molecule has 0 amide bonds. The summed E-state index contributed by atoms with van der Waals surface area (Å²) < 4.78 is 4.54. The molecule has 8 nitrogen and oxygen atoms in total. The third-order valence-electron chi connectivity index (χ3n) is 5.60. The van der Waals surface area contributed by atoms with Crippen LogP contribution >= 0.6 is 11.5 Å². The third kappa shape index (κ3) is 5.00. The molecule has 2 heterocycles. The molecule has 1 N–H and O–H groups in total. The lowest BCUT2D eigenvalue weighted by molar-refractivity contribution is -0.385. The Labute approximate surface area is 185 Å². The fourth-order valence-electron chi connectivity index (χ4n) is 3.79. The maximum absolute atomic E-state index is 11.1. The lowest BCUT2D eigenvalue weighted by Gasteiger charge is -2.39. The second kappa shape index (κ2) is 8.99. The van der Waals surface area contributed by atoms with Crippen molar-refractivity contribution < 1.29 is 10.0 Å². The second-order valence-electron chi connectivity index (χ2n) is 8.00. The quantitative estimate of drug-likeness (QED) is 0.461. The zero-order valence-electron chi connectivity index (χ0n) is 17.6. The predicted octanol–water partition coefficient (Wildman–Crippen LogP) is 3.76. The fraction of sp³-hybridized carbons (Fsp3) is 0.364. The van der Waals surface area contributed by atoms with Gasteiger partial charge < -0.3 is 10.0 Å². The number of phenolic OH excluding ortho intramolecular Hbond substituents is 1. The van der Waals surface area contributed by atoms with Gasteiger partial charge in [0.25, 0.3) is 0 Å². The Morgan fingerprint density at radius 2 is 1.94 bits per heavy atom. The van der Waals surface area contributed by atoms with Crippen LogP contribution in [0.5, 0.6) is 5.75 Å². The molecule has 0 radical (unpaired) electrons.